The minimum absolute atomic E-state index is 0.0827. The van der Waals surface area contributed by atoms with Gasteiger partial charge in [0.05, 0.1) is 10.2 Å². The molecule has 1 atom stereocenters. The Morgan fingerprint density at radius 3 is 2.64 bits per heavy atom. The highest BCUT2D eigenvalue weighted by Crippen LogP contribution is 2.22. The standard InChI is InChI=1S/C18H15ClN2O3S/c1-11(20-17(22)12-6-8-13(19)9-7-12)18(23)24-10-16-21-14-4-2-3-5-15(14)25-16/h2-9,11H,10H2,1H3,(H,20,22)/t11-/m0/s1. The van der Waals surface area contributed by atoms with Crippen LogP contribution in [0.15, 0.2) is 48.5 Å². The monoisotopic (exact) mass is 374 g/mol. The minimum atomic E-state index is -0.766. The Morgan fingerprint density at radius 1 is 1.20 bits per heavy atom. The van der Waals surface area contributed by atoms with Crippen LogP contribution in [0.4, 0.5) is 0 Å². The van der Waals surface area contributed by atoms with Crippen molar-refractivity contribution in [2.24, 2.45) is 0 Å². The number of thiazole rings is 1. The zero-order valence-corrected chi connectivity index (χ0v) is 14.9. The average Bonchev–Trinajstić information content (AvgIpc) is 3.03. The molecule has 0 aliphatic carbocycles. The van der Waals surface area contributed by atoms with Crippen LogP contribution in [0.2, 0.25) is 5.02 Å². The first-order chi connectivity index (χ1) is 12.0. The number of esters is 1. The van der Waals surface area contributed by atoms with Gasteiger partial charge in [-0.25, -0.2) is 9.78 Å². The molecule has 0 bridgehead atoms. The maximum Gasteiger partial charge on any atom is 0.328 e. The van der Waals surface area contributed by atoms with E-state index in [4.69, 9.17) is 16.3 Å². The maximum absolute atomic E-state index is 12.1. The van der Waals surface area contributed by atoms with E-state index >= 15 is 0 Å². The van der Waals surface area contributed by atoms with Crippen LogP contribution < -0.4 is 5.32 Å². The number of halogens is 1. The number of benzene rings is 2. The SMILES string of the molecule is C[C@H](NC(=O)c1ccc(Cl)cc1)C(=O)OCc1nc2ccccc2s1. The molecular weight excluding hydrogens is 360 g/mol. The highest BCUT2D eigenvalue weighted by Gasteiger charge is 2.18. The number of ether oxygens (including phenoxy) is 1. The van der Waals surface area contributed by atoms with Crippen molar-refractivity contribution < 1.29 is 14.3 Å². The van der Waals surface area contributed by atoms with Crippen molar-refractivity contribution in [3.63, 3.8) is 0 Å². The van der Waals surface area contributed by atoms with Gasteiger partial charge in [0.1, 0.15) is 17.7 Å². The Morgan fingerprint density at radius 2 is 1.92 bits per heavy atom. The smallest absolute Gasteiger partial charge is 0.328 e. The van der Waals surface area contributed by atoms with E-state index in [0.29, 0.717) is 15.6 Å². The molecule has 0 fully saturated rings. The second kappa shape index (κ2) is 7.63. The molecule has 128 valence electrons. The fraction of sp³-hybridized carbons (Fsp3) is 0.167. The van der Waals surface area contributed by atoms with Crippen molar-refractivity contribution in [3.05, 3.63) is 64.1 Å². The summed E-state index contributed by atoms with van der Waals surface area (Å²) in [5.74, 6) is -0.873. The second-order valence-corrected chi connectivity index (χ2v) is 6.94. The lowest BCUT2D eigenvalue weighted by Gasteiger charge is -2.13. The summed E-state index contributed by atoms with van der Waals surface area (Å²) >= 11 is 7.27. The van der Waals surface area contributed by atoms with Gasteiger partial charge < -0.3 is 10.1 Å². The van der Waals surface area contributed by atoms with E-state index in [2.05, 4.69) is 10.3 Å². The van der Waals surface area contributed by atoms with Gasteiger partial charge in [-0.3, -0.25) is 4.79 Å². The van der Waals surface area contributed by atoms with E-state index in [-0.39, 0.29) is 12.5 Å². The van der Waals surface area contributed by atoms with Gasteiger partial charge >= 0.3 is 5.97 Å². The first-order valence-electron chi connectivity index (χ1n) is 7.60. The van der Waals surface area contributed by atoms with Gasteiger partial charge in [-0.15, -0.1) is 11.3 Å². The summed E-state index contributed by atoms with van der Waals surface area (Å²) in [6, 6.07) is 13.4. The molecule has 0 unspecified atom stereocenters. The number of aromatic nitrogens is 1. The van der Waals surface area contributed by atoms with Crippen molar-refractivity contribution in [3.8, 4) is 0 Å². The molecule has 2 aromatic carbocycles. The van der Waals surface area contributed by atoms with Crippen LogP contribution >= 0.6 is 22.9 Å². The predicted octanol–water partition coefficient (Wildman–Crippen LogP) is 3.81. The summed E-state index contributed by atoms with van der Waals surface area (Å²) in [6.07, 6.45) is 0. The molecule has 3 rings (SSSR count). The first kappa shape index (κ1) is 17.4. The zero-order chi connectivity index (χ0) is 17.8. The maximum atomic E-state index is 12.1. The molecule has 0 saturated heterocycles. The van der Waals surface area contributed by atoms with Crippen molar-refractivity contribution in [2.75, 3.05) is 0 Å². The van der Waals surface area contributed by atoms with E-state index in [1.54, 1.807) is 31.2 Å². The van der Waals surface area contributed by atoms with E-state index in [1.165, 1.54) is 11.3 Å². The number of carbonyl (C=O) groups is 2. The van der Waals surface area contributed by atoms with Gasteiger partial charge in [0.25, 0.3) is 5.91 Å². The lowest BCUT2D eigenvalue weighted by molar-refractivity contribution is -0.146. The Labute approximate surface area is 153 Å². The Balaban J connectivity index is 1.55. The topological polar surface area (TPSA) is 68.3 Å². The van der Waals surface area contributed by atoms with Crippen LogP contribution in [0.1, 0.15) is 22.3 Å². The van der Waals surface area contributed by atoms with E-state index < -0.39 is 12.0 Å². The number of nitrogens with zero attached hydrogens (tertiary/aromatic N) is 1. The quantitative estimate of drug-likeness (QED) is 0.689. The fourth-order valence-corrected chi connectivity index (χ4v) is 3.19. The highest BCUT2D eigenvalue weighted by atomic mass is 35.5. The summed E-state index contributed by atoms with van der Waals surface area (Å²) < 4.78 is 6.29. The molecule has 0 spiro atoms. The second-order valence-electron chi connectivity index (χ2n) is 5.39. The zero-order valence-electron chi connectivity index (χ0n) is 13.4. The molecular formula is C18H15ClN2O3S. The third kappa shape index (κ3) is 4.35. The molecule has 0 aliphatic rings. The Kier molecular flexibility index (Phi) is 5.31. The van der Waals surface area contributed by atoms with Gasteiger partial charge in [-0.05, 0) is 43.3 Å². The van der Waals surface area contributed by atoms with Crippen molar-refractivity contribution >= 4 is 45.0 Å². The van der Waals surface area contributed by atoms with Crippen LogP contribution in [0.5, 0.6) is 0 Å². The molecule has 5 nitrogen and oxygen atoms in total. The largest absolute Gasteiger partial charge is 0.457 e. The molecule has 0 radical (unpaired) electrons. The Hall–Kier alpha value is -2.44. The molecule has 1 aromatic heterocycles. The van der Waals surface area contributed by atoms with Crippen molar-refractivity contribution in [1.29, 1.82) is 0 Å². The van der Waals surface area contributed by atoms with Gasteiger partial charge in [-0.1, -0.05) is 23.7 Å². The van der Waals surface area contributed by atoms with E-state index in [0.717, 1.165) is 10.2 Å². The predicted molar refractivity (Wildman–Crippen MR) is 97.8 cm³/mol. The summed E-state index contributed by atoms with van der Waals surface area (Å²) in [5.41, 5.74) is 1.30. The number of nitrogens with one attached hydrogen (secondary N) is 1. The third-order valence-electron chi connectivity index (χ3n) is 3.48. The number of amides is 1. The minimum Gasteiger partial charge on any atom is -0.457 e. The summed E-state index contributed by atoms with van der Waals surface area (Å²) in [5, 5.41) is 3.86. The summed E-state index contributed by atoms with van der Waals surface area (Å²) in [7, 11) is 0. The van der Waals surface area contributed by atoms with E-state index in [9.17, 15) is 9.59 Å². The number of carbonyl (C=O) groups excluding carboxylic acids is 2. The molecule has 1 amide bonds. The van der Waals surface area contributed by atoms with Crippen LogP contribution in [-0.4, -0.2) is 22.9 Å². The van der Waals surface area contributed by atoms with Crippen LogP contribution in [0.25, 0.3) is 10.2 Å². The van der Waals surface area contributed by atoms with Gasteiger partial charge in [0.2, 0.25) is 0 Å². The van der Waals surface area contributed by atoms with Crippen LogP contribution in [-0.2, 0) is 16.1 Å². The molecule has 25 heavy (non-hydrogen) atoms. The molecule has 1 heterocycles. The molecule has 0 aliphatic heterocycles. The lowest BCUT2D eigenvalue weighted by atomic mass is 10.2. The number of rotatable bonds is 5. The normalized spacial score (nSPS) is 11.9. The van der Waals surface area contributed by atoms with Gasteiger partial charge in [0.15, 0.2) is 0 Å². The third-order valence-corrected chi connectivity index (χ3v) is 4.75. The fourth-order valence-electron chi connectivity index (χ4n) is 2.18. The van der Waals surface area contributed by atoms with Gasteiger partial charge in [0, 0.05) is 10.6 Å². The Bertz CT molecular complexity index is 875. The number of fused-ring (bicyclic) bond motifs is 1. The summed E-state index contributed by atoms with van der Waals surface area (Å²) in [6.45, 7) is 1.66. The van der Waals surface area contributed by atoms with Crippen molar-refractivity contribution in [2.45, 2.75) is 19.6 Å². The molecule has 3 aromatic rings. The number of hydrogen-bond donors (Lipinski definition) is 1. The number of para-hydroxylation sites is 1. The highest BCUT2D eigenvalue weighted by molar-refractivity contribution is 7.18. The summed E-state index contributed by atoms with van der Waals surface area (Å²) in [4.78, 5) is 28.6. The molecule has 1 N–H and O–H groups in total. The van der Waals surface area contributed by atoms with E-state index in [1.807, 2.05) is 24.3 Å². The lowest BCUT2D eigenvalue weighted by Crippen LogP contribution is -2.39. The van der Waals surface area contributed by atoms with Gasteiger partial charge in [-0.2, -0.15) is 0 Å². The van der Waals surface area contributed by atoms with Crippen LogP contribution in [0.3, 0.4) is 0 Å². The van der Waals surface area contributed by atoms with Crippen LogP contribution in [0, 0.1) is 0 Å². The molecule has 0 saturated carbocycles. The average molecular weight is 375 g/mol. The first-order valence-corrected chi connectivity index (χ1v) is 8.80. The van der Waals surface area contributed by atoms with Crippen molar-refractivity contribution in [1.82, 2.24) is 10.3 Å². The molecule has 7 heteroatoms. The number of hydrogen-bond acceptors (Lipinski definition) is 5.